The monoisotopic (exact) mass is 301 g/mol. The lowest BCUT2D eigenvalue weighted by atomic mass is 10.2. The predicted octanol–water partition coefficient (Wildman–Crippen LogP) is 4.29. The highest BCUT2D eigenvalue weighted by atomic mass is 35.5. The van der Waals surface area contributed by atoms with Crippen LogP contribution in [-0.2, 0) is 5.88 Å². The molecule has 0 radical (unpaired) electrons. The van der Waals surface area contributed by atoms with Crippen molar-refractivity contribution in [3.63, 3.8) is 0 Å². The van der Waals surface area contributed by atoms with Crippen LogP contribution in [-0.4, -0.2) is 9.55 Å². The molecule has 98 valence electrons. The second-order valence-electron chi connectivity index (χ2n) is 4.27. The average Bonchev–Trinajstić information content (AvgIpc) is 2.87. The van der Waals surface area contributed by atoms with Gasteiger partial charge in [-0.15, -0.1) is 11.6 Å². The van der Waals surface area contributed by atoms with Crippen LogP contribution in [0.3, 0.4) is 0 Å². The molecule has 0 fully saturated rings. The summed E-state index contributed by atoms with van der Waals surface area (Å²) in [5.41, 5.74) is 3.03. The Morgan fingerprint density at radius 3 is 2.75 bits per heavy atom. The number of fused-ring (bicyclic) bond motifs is 1. The molecule has 0 atom stereocenters. The Labute approximate surface area is 126 Å². The van der Waals surface area contributed by atoms with Gasteiger partial charge in [0.1, 0.15) is 11.3 Å². The van der Waals surface area contributed by atoms with Crippen molar-refractivity contribution >= 4 is 34.2 Å². The third kappa shape index (κ3) is 2.03. The summed E-state index contributed by atoms with van der Waals surface area (Å²) in [6.45, 7) is 0. The van der Waals surface area contributed by atoms with Crippen molar-refractivity contribution in [2.75, 3.05) is 0 Å². The Bertz CT molecular complexity index is 831. The highest BCUT2D eigenvalue weighted by molar-refractivity contribution is 6.35. The molecule has 0 N–H and O–H groups in total. The van der Waals surface area contributed by atoms with Crippen molar-refractivity contribution in [3.8, 4) is 11.8 Å². The first-order chi connectivity index (χ1) is 9.74. The number of para-hydroxylation sites is 1. The van der Waals surface area contributed by atoms with Crippen molar-refractivity contribution < 1.29 is 0 Å². The Morgan fingerprint density at radius 2 is 2.00 bits per heavy atom. The zero-order chi connectivity index (χ0) is 14.1. The molecule has 0 aliphatic carbocycles. The third-order valence-electron chi connectivity index (χ3n) is 3.06. The molecule has 20 heavy (non-hydrogen) atoms. The van der Waals surface area contributed by atoms with E-state index < -0.39 is 0 Å². The van der Waals surface area contributed by atoms with Gasteiger partial charge in [-0.1, -0.05) is 23.7 Å². The van der Waals surface area contributed by atoms with Gasteiger partial charge in [-0.25, -0.2) is 4.98 Å². The minimum atomic E-state index is 0.266. The Balaban J connectivity index is 2.34. The van der Waals surface area contributed by atoms with Crippen LogP contribution < -0.4 is 0 Å². The molecule has 0 amide bonds. The highest BCUT2D eigenvalue weighted by Gasteiger charge is 2.13. The maximum atomic E-state index is 9.02. The Kier molecular flexibility index (Phi) is 3.35. The molecule has 3 rings (SSSR count). The lowest BCUT2D eigenvalue weighted by Gasteiger charge is -2.08. The molecule has 0 aliphatic rings. The van der Waals surface area contributed by atoms with Crippen LogP contribution in [0.5, 0.6) is 0 Å². The molecule has 5 heteroatoms. The normalized spacial score (nSPS) is 10.7. The maximum absolute atomic E-state index is 9.02. The van der Waals surface area contributed by atoms with E-state index in [1.807, 2.05) is 28.8 Å². The van der Waals surface area contributed by atoms with Crippen LogP contribution in [0.25, 0.3) is 16.7 Å². The van der Waals surface area contributed by atoms with E-state index in [9.17, 15) is 0 Å². The van der Waals surface area contributed by atoms with Gasteiger partial charge in [-0.2, -0.15) is 5.26 Å². The number of imidazole rings is 1. The molecule has 0 bridgehead atoms. The summed E-state index contributed by atoms with van der Waals surface area (Å²) in [4.78, 5) is 4.48. The number of alkyl halides is 1. The molecule has 3 aromatic rings. The number of nitrogens with zero attached hydrogens (tertiary/aromatic N) is 3. The summed E-state index contributed by atoms with van der Waals surface area (Å²) < 4.78 is 1.93. The van der Waals surface area contributed by atoms with E-state index in [0.29, 0.717) is 21.9 Å². The summed E-state index contributed by atoms with van der Waals surface area (Å²) in [5.74, 6) is 0.965. The number of benzene rings is 2. The molecule has 0 unspecified atom stereocenters. The number of nitriles is 1. The van der Waals surface area contributed by atoms with Gasteiger partial charge >= 0.3 is 0 Å². The van der Waals surface area contributed by atoms with Gasteiger partial charge in [0.2, 0.25) is 0 Å². The molecule has 0 saturated heterocycles. The summed E-state index contributed by atoms with van der Waals surface area (Å²) in [6, 6.07) is 15.0. The van der Waals surface area contributed by atoms with E-state index >= 15 is 0 Å². The highest BCUT2D eigenvalue weighted by Crippen LogP contribution is 2.27. The van der Waals surface area contributed by atoms with Crippen molar-refractivity contribution in [1.82, 2.24) is 9.55 Å². The molecule has 0 spiro atoms. The summed E-state index contributed by atoms with van der Waals surface area (Å²) in [6.07, 6.45) is 0. The molecule has 3 nitrogen and oxygen atoms in total. The van der Waals surface area contributed by atoms with Crippen LogP contribution >= 0.6 is 23.2 Å². The zero-order valence-electron chi connectivity index (χ0n) is 10.3. The fourth-order valence-electron chi connectivity index (χ4n) is 2.21. The number of aromatic nitrogens is 2. The summed E-state index contributed by atoms with van der Waals surface area (Å²) in [5, 5.41) is 9.61. The topological polar surface area (TPSA) is 41.6 Å². The van der Waals surface area contributed by atoms with Crippen molar-refractivity contribution in [2.24, 2.45) is 0 Å². The predicted molar refractivity (Wildman–Crippen MR) is 80.4 cm³/mol. The van der Waals surface area contributed by atoms with Crippen molar-refractivity contribution in [3.05, 3.63) is 58.9 Å². The minimum Gasteiger partial charge on any atom is -0.295 e. The zero-order valence-corrected chi connectivity index (χ0v) is 11.9. The van der Waals surface area contributed by atoms with Crippen LogP contribution in [0.4, 0.5) is 0 Å². The van der Waals surface area contributed by atoms with Gasteiger partial charge in [0.25, 0.3) is 0 Å². The largest absolute Gasteiger partial charge is 0.295 e. The second-order valence-corrected chi connectivity index (χ2v) is 4.94. The van der Waals surface area contributed by atoms with E-state index in [2.05, 4.69) is 11.1 Å². The SMILES string of the molecule is N#Cc1cccc(-n2c(CCl)nc3c(Cl)cccc32)c1. The van der Waals surface area contributed by atoms with Gasteiger partial charge < -0.3 is 0 Å². The first kappa shape index (κ1) is 13.0. The Morgan fingerprint density at radius 1 is 1.20 bits per heavy atom. The van der Waals surface area contributed by atoms with Crippen LogP contribution in [0, 0.1) is 11.3 Å². The van der Waals surface area contributed by atoms with Gasteiger partial charge in [0, 0.05) is 5.69 Å². The molecular formula is C15H9Cl2N3. The number of hydrogen-bond acceptors (Lipinski definition) is 2. The lowest BCUT2D eigenvalue weighted by Crippen LogP contribution is -1.99. The van der Waals surface area contributed by atoms with Crippen molar-refractivity contribution in [2.45, 2.75) is 5.88 Å². The first-order valence-corrected chi connectivity index (χ1v) is 6.88. The van der Waals surface area contributed by atoms with E-state index in [1.165, 1.54) is 0 Å². The molecular weight excluding hydrogens is 293 g/mol. The third-order valence-corrected chi connectivity index (χ3v) is 3.60. The summed E-state index contributed by atoms with van der Waals surface area (Å²) in [7, 11) is 0. The number of halogens is 2. The average molecular weight is 302 g/mol. The van der Waals surface area contributed by atoms with Gasteiger partial charge in [-0.05, 0) is 30.3 Å². The van der Waals surface area contributed by atoms with E-state index in [-0.39, 0.29) is 5.88 Å². The molecule has 0 saturated carbocycles. The Hall–Kier alpha value is -2.02. The lowest BCUT2D eigenvalue weighted by molar-refractivity contribution is 0.981. The number of hydrogen-bond donors (Lipinski definition) is 0. The van der Waals surface area contributed by atoms with Crippen LogP contribution in [0.2, 0.25) is 5.02 Å². The van der Waals surface area contributed by atoms with Gasteiger partial charge in [-0.3, -0.25) is 4.57 Å². The van der Waals surface area contributed by atoms with E-state index in [4.69, 9.17) is 28.5 Å². The smallest absolute Gasteiger partial charge is 0.129 e. The fraction of sp³-hybridized carbons (Fsp3) is 0.0667. The fourth-order valence-corrected chi connectivity index (χ4v) is 2.60. The quantitative estimate of drug-likeness (QED) is 0.663. The first-order valence-electron chi connectivity index (χ1n) is 5.97. The second kappa shape index (κ2) is 5.16. The molecule has 1 heterocycles. The van der Waals surface area contributed by atoms with E-state index in [1.54, 1.807) is 18.2 Å². The molecule has 0 aliphatic heterocycles. The molecule has 2 aromatic carbocycles. The standard InChI is InChI=1S/C15H9Cl2N3/c16-8-14-19-15-12(17)5-2-6-13(15)20(14)11-4-1-3-10(7-11)9-18/h1-7H,8H2. The van der Waals surface area contributed by atoms with Crippen LogP contribution in [0.1, 0.15) is 11.4 Å². The number of rotatable bonds is 2. The molecule has 1 aromatic heterocycles. The minimum absolute atomic E-state index is 0.266. The van der Waals surface area contributed by atoms with Crippen molar-refractivity contribution in [1.29, 1.82) is 5.26 Å². The maximum Gasteiger partial charge on any atom is 0.129 e. The van der Waals surface area contributed by atoms with Gasteiger partial charge in [0.05, 0.1) is 28.1 Å². The summed E-state index contributed by atoms with van der Waals surface area (Å²) >= 11 is 12.2. The van der Waals surface area contributed by atoms with E-state index in [0.717, 1.165) is 11.2 Å². The van der Waals surface area contributed by atoms with Gasteiger partial charge in [0.15, 0.2) is 0 Å². The van der Waals surface area contributed by atoms with Crippen LogP contribution in [0.15, 0.2) is 42.5 Å².